The van der Waals surface area contributed by atoms with Gasteiger partial charge in [-0.3, -0.25) is 0 Å². The van der Waals surface area contributed by atoms with Crippen molar-refractivity contribution in [1.82, 2.24) is 14.6 Å². The molecule has 22 heavy (non-hydrogen) atoms. The van der Waals surface area contributed by atoms with E-state index in [9.17, 15) is 12.8 Å². The highest BCUT2D eigenvalue weighted by Gasteiger charge is 2.27. The third-order valence-electron chi connectivity index (χ3n) is 3.39. The van der Waals surface area contributed by atoms with Gasteiger partial charge in [0.05, 0.1) is 10.6 Å². The number of benzene rings is 1. The highest BCUT2D eigenvalue weighted by atomic mass is 32.2. The summed E-state index contributed by atoms with van der Waals surface area (Å²) in [6.45, 7) is 5.22. The fraction of sp³-hybridized carbons (Fsp3) is 0.200. The minimum atomic E-state index is -3.89. The third-order valence-corrected chi connectivity index (χ3v) is 5.28. The zero-order valence-electron chi connectivity index (χ0n) is 12.3. The van der Waals surface area contributed by atoms with Crippen molar-refractivity contribution in [3.05, 3.63) is 53.2 Å². The maximum atomic E-state index is 13.4. The Kier molecular flexibility index (Phi) is 3.25. The minimum absolute atomic E-state index is 0.0184. The third kappa shape index (κ3) is 2.18. The van der Waals surface area contributed by atoms with Crippen molar-refractivity contribution in [3.8, 4) is 0 Å². The number of aryl methyl sites for hydroxylation is 3. The van der Waals surface area contributed by atoms with Crippen molar-refractivity contribution in [2.24, 2.45) is 0 Å². The lowest BCUT2D eigenvalue weighted by molar-refractivity contribution is 0.591. The van der Waals surface area contributed by atoms with Gasteiger partial charge in [-0.15, -0.1) is 0 Å². The first-order chi connectivity index (χ1) is 10.3. The van der Waals surface area contributed by atoms with Gasteiger partial charge in [0.2, 0.25) is 9.84 Å². The van der Waals surface area contributed by atoms with E-state index >= 15 is 0 Å². The molecule has 0 bridgehead atoms. The quantitative estimate of drug-likeness (QED) is 0.728. The number of fused-ring (bicyclic) bond motifs is 1. The van der Waals surface area contributed by atoms with Crippen molar-refractivity contribution < 1.29 is 12.8 Å². The van der Waals surface area contributed by atoms with Crippen molar-refractivity contribution in [2.75, 3.05) is 0 Å². The normalized spacial score (nSPS) is 12.0. The molecule has 0 amide bonds. The number of hydrogen-bond donors (Lipinski definition) is 0. The summed E-state index contributed by atoms with van der Waals surface area (Å²) in [5.41, 5.74) is 2.08. The largest absolute Gasteiger partial charge is 0.233 e. The molecule has 0 saturated carbocycles. The highest BCUT2D eigenvalue weighted by Crippen LogP contribution is 2.28. The van der Waals surface area contributed by atoms with E-state index in [1.165, 1.54) is 22.7 Å². The summed E-state index contributed by atoms with van der Waals surface area (Å²) in [6, 6.07) is 6.75. The van der Waals surface area contributed by atoms with E-state index in [0.29, 0.717) is 11.4 Å². The van der Waals surface area contributed by atoms with Gasteiger partial charge in [-0.2, -0.15) is 5.10 Å². The van der Waals surface area contributed by atoms with Crippen LogP contribution in [0.5, 0.6) is 0 Å². The van der Waals surface area contributed by atoms with Crippen LogP contribution in [0.15, 0.2) is 40.1 Å². The molecule has 2 aromatic heterocycles. The summed E-state index contributed by atoms with van der Waals surface area (Å²) in [5.74, 6) is -0.601. The molecular weight excluding hydrogens is 305 g/mol. The fourth-order valence-electron chi connectivity index (χ4n) is 2.47. The van der Waals surface area contributed by atoms with E-state index in [4.69, 9.17) is 0 Å². The highest BCUT2D eigenvalue weighted by molar-refractivity contribution is 7.91. The van der Waals surface area contributed by atoms with Crippen LogP contribution in [0.25, 0.3) is 5.65 Å². The van der Waals surface area contributed by atoms with E-state index in [2.05, 4.69) is 10.1 Å². The Hall–Kier alpha value is -2.28. The number of sulfone groups is 1. The number of halogens is 1. The maximum Gasteiger partial charge on any atom is 0.212 e. The van der Waals surface area contributed by atoms with Crippen LogP contribution in [0, 0.1) is 26.6 Å². The van der Waals surface area contributed by atoms with Crippen LogP contribution in [0.1, 0.15) is 17.1 Å². The SMILES string of the molecule is Cc1cc(C)n2nc(C)c(S(=O)(=O)c3cccc(F)c3)c2n1. The van der Waals surface area contributed by atoms with Crippen LogP contribution >= 0.6 is 0 Å². The molecule has 5 nitrogen and oxygen atoms in total. The van der Waals surface area contributed by atoms with E-state index in [0.717, 1.165) is 11.8 Å². The molecule has 0 radical (unpaired) electrons. The summed E-state index contributed by atoms with van der Waals surface area (Å²) in [7, 11) is -3.89. The van der Waals surface area contributed by atoms with Gasteiger partial charge < -0.3 is 0 Å². The van der Waals surface area contributed by atoms with E-state index < -0.39 is 15.7 Å². The molecule has 3 rings (SSSR count). The second-order valence-corrected chi connectivity index (χ2v) is 7.04. The fourth-order valence-corrected chi connectivity index (χ4v) is 4.04. The molecule has 7 heteroatoms. The van der Waals surface area contributed by atoms with Gasteiger partial charge in [0.15, 0.2) is 5.65 Å². The number of rotatable bonds is 2. The lowest BCUT2D eigenvalue weighted by Crippen LogP contribution is -2.05. The zero-order valence-corrected chi connectivity index (χ0v) is 13.1. The Morgan fingerprint density at radius 1 is 1.14 bits per heavy atom. The summed E-state index contributed by atoms with van der Waals surface area (Å²) in [4.78, 5) is 4.21. The lowest BCUT2D eigenvalue weighted by atomic mass is 10.3. The lowest BCUT2D eigenvalue weighted by Gasteiger charge is -2.05. The van der Waals surface area contributed by atoms with Crippen LogP contribution in [0.2, 0.25) is 0 Å². The second-order valence-electron chi connectivity index (χ2n) is 5.15. The molecule has 3 aromatic rings. The molecule has 114 valence electrons. The van der Waals surface area contributed by atoms with Gasteiger partial charge in [0.25, 0.3) is 0 Å². The van der Waals surface area contributed by atoms with Crippen molar-refractivity contribution >= 4 is 15.5 Å². The monoisotopic (exact) mass is 319 g/mol. The minimum Gasteiger partial charge on any atom is -0.233 e. The summed E-state index contributed by atoms with van der Waals surface area (Å²) >= 11 is 0. The number of hydrogen-bond acceptors (Lipinski definition) is 4. The van der Waals surface area contributed by atoms with Crippen molar-refractivity contribution in [1.29, 1.82) is 0 Å². The number of aromatic nitrogens is 3. The maximum absolute atomic E-state index is 13.4. The van der Waals surface area contributed by atoms with Crippen molar-refractivity contribution in [3.63, 3.8) is 0 Å². The first kappa shape index (κ1) is 14.6. The molecule has 0 atom stereocenters. The second kappa shape index (κ2) is 4.88. The van der Waals surface area contributed by atoms with Crippen LogP contribution in [0.4, 0.5) is 4.39 Å². The first-order valence-electron chi connectivity index (χ1n) is 6.65. The Balaban J connectivity index is 2.37. The Morgan fingerprint density at radius 3 is 2.55 bits per heavy atom. The van der Waals surface area contributed by atoms with Gasteiger partial charge in [0, 0.05) is 11.4 Å². The molecular formula is C15H14FN3O2S. The van der Waals surface area contributed by atoms with Gasteiger partial charge in [-0.05, 0) is 45.0 Å². The summed E-state index contributed by atoms with van der Waals surface area (Å²) in [6.07, 6.45) is 0. The molecule has 0 saturated heterocycles. The van der Waals surface area contributed by atoms with Crippen LogP contribution in [-0.2, 0) is 9.84 Å². The van der Waals surface area contributed by atoms with E-state index in [1.807, 2.05) is 13.0 Å². The smallest absolute Gasteiger partial charge is 0.212 e. The Labute approximate surface area is 127 Å². The van der Waals surface area contributed by atoms with Gasteiger partial charge in [-0.25, -0.2) is 22.3 Å². The van der Waals surface area contributed by atoms with Crippen LogP contribution in [-0.4, -0.2) is 23.0 Å². The van der Waals surface area contributed by atoms with Crippen LogP contribution in [0.3, 0.4) is 0 Å². The molecule has 2 heterocycles. The number of nitrogens with zero attached hydrogens (tertiary/aromatic N) is 3. The van der Waals surface area contributed by atoms with Gasteiger partial charge in [0.1, 0.15) is 10.7 Å². The van der Waals surface area contributed by atoms with E-state index in [-0.39, 0.29) is 15.4 Å². The molecule has 1 aromatic carbocycles. The first-order valence-corrected chi connectivity index (χ1v) is 8.13. The van der Waals surface area contributed by atoms with Gasteiger partial charge in [-0.1, -0.05) is 6.07 Å². The molecule has 0 fully saturated rings. The summed E-state index contributed by atoms with van der Waals surface area (Å²) < 4.78 is 40.6. The average molecular weight is 319 g/mol. The average Bonchev–Trinajstić information content (AvgIpc) is 2.76. The van der Waals surface area contributed by atoms with Crippen LogP contribution < -0.4 is 0 Å². The summed E-state index contributed by atoms with van der Waals surface area (Å²) in [5, 5.41) is 4.25. The van der Waals surface area contributed by atoms with Gasteiger partial charge >= 0.3 is 0 Å². The van der Waals surface area contributed by atoms with E-state index in [1.54, 1.807) is 13.8 Å². The molecule has 0 spiro atoms. The standard InChI is InChI=1S/C15H14FN3O2S/c1-9-7-10(2)19-15(17-9)14(11(3)18-19)22(20,21)13-6-4-5-12(16)8-13/h4-8H,1-3H3. The molecule has 0 unspecified atom stereocenters. The Bertz CT molecular complexity index is 993. The van der Waals surface area contributed by atoms with Crippen molar-refractivity contribution in [2.45, 2.75) is 30.6 Å². The predicted octanol–water partition coefficient (Wildman–Crippen LogP) is 2.63. The molecule has 0 N–H and O–H groups in total. The molecule has 0 aliphatic carbocycles. The predicted molar refractivity (Wildman–Crippen MR) is 79.0 cm³/mol. The Morgan fingerprint density at radius 2 is 1.86 bits per heavy atom. The molecule has 0 aliphatic rings. The topological polar surface area (TPSA) is 64.3 Å². The molecule has 0 aliphatic heterocycles. The zero-order chi connectivity index (χ0) is 16.1.